The molecule has 1 unspecified atom stereocenters. The predicted octanol–water partition coefficient (Wildman–Crippen LogP) is 1.68. The van der Waals surface area contributed by atoms with Crippen LogP contribution in [-0.2, 0) is 4.79 Å². The highest BCUT2D eigenvalue weighted by atomic mass is 16.2. The van der Waals surface area contributed by atoms with Gasteiger partial charge in [0.2, 0.25) is 5.91 Å². The molecular weight excluding hydrogens is 240 g/mol. The van der Waals surface area contributed by atoms with Gasteiger partial charge in [0.1, 0.15) is 5.82 Å². The van der Waals surface area contributed by atoms with Crippen molar-refractivity contribution < 1.29 is 4.79 Å². The second kappa shape index (κ2) is 5.55. The van der Waals surface area contributed by atoms with Crippen LogP contribution in [-0.4, -0.2) is 39.9 Å². The van der Waals surface area contributed by atoms with E-state index in [1.54, 1.807) is 18.6 Å². The lowest BCUT2D eigenvalue weighted by atomic mass is 10.1. The first kappa shape index (κ1) is 12.4. The summed E-state index contributed by atoms with van der Waals surface area (Å²) in [5.74, 6) is 1.52. The minimum Gasteiger partial charge on any atom is -0.368 e. The van der Waals surface area contributed by atoms with Crippen LogP contribution < -0.4 is 5.32 Å². The van der Waals surface area contributed by atoms with E-state index in [2.05, 4.69) is 20.2 Å². The third-order valence-electron chi connectivity index (χ3n) is 4.14. The number of nitrogens with zero attached hydrogens (tertiary/aromatic N) is 3. The fraction of sp³-hybridized carbons (Fsp3) is 0.643. The van der Waals surface area contributed by atoms with Gasteiger partial charge in [-0.05, 0) is 12.8 Å². The summed E-state index contributed by atoms with van der Waals surface area (Å²) in [6.45, 7) is 1.70. The molecule has 1 saturated carbocycles. The number of carbonyl (C=O) groups excluding carboxylic acids is 1. The molecule has 1 amide bonds. The van der Waals surface area contributed by atoms with Crippen molar-refractivity contribution in [2.45, 2.75) is 38.1 Å². The Labute approximate surface area is 113 Å². The van der Waals surface area contributed by atoms with Crippen LogP contribution in [0.25, 0.3) is 0 Å². The van der Waals surface area contributed by atoms with E-state index in [9.17, 15) is 4.79 Å². The Morgan fingerprint density at radius 1 is 1.32 bits per heavy atom. The Kier molecular flexibility index (Phi) is 3.62. The molecule has 1 aliphatic heterocycles. The van der Waals surface area contributed by atoms with E-state index in [0.29, 0.717) is 24.3 Å². The monoisotopic (exact) mass is 260 g/mol. The maximum Gasteiger partial charge on any atom is 0.223 e. The zero-order valence-corrected chi connectivity index (χ0v) is 11.1. The summed E-state index contributed by atoms with van der Waals surface area (Å²) in [4.78, 5) is 22.4. The second-order valence-electron chi connectivity index (χ2n) is 5.53. The molecule has 102 valence electrons. The average molecular weight is 260 g/mol. The highest BCUT2D eigenvalue weighted by Gasteiger charge is 2.35. The molecule has 1 saturated heterocycles. The van der Waals surface area contributed by atoms with Crippen molar-refractivity contribution in [2.75, 3.05) is 18.4 Å². The third-order valence-corrected chi connectivity index (χ3v) is 4.14. The summed E-state index contributed by atoms with van der Waals surface area (Å²) in [6, 6.07) is 0.508. The number of anilines is 1. The van der Waals surface area contributed by atoms with Crippen molar-refractivity contribution in [3.8, 4) is 0 Å². The van der Waals surface area contributed by atoms with Gasteiger partial charge in [-0.2, -0.15) is 0 Å². The van der Waals surface area contributed by atoms with Crippen LogP contribution in [0.15, 0.2) is 18.6 Å². The predicted molar refractivity (Wildman–Crippen MR) is 72.6 cm³/mol. The van der Waals surface area contributed by atoms with Gasteiger partial charge in [-0.15, -0.1) is 0 Å². The summed E-state index contributed by atoms with van der Waals surface area (Å²) >= 11 is 0. The van der Waals surface area contributed by atoms with E-state index in [-0.39, 0.29) is 0 Å². The zero-order valence-electron chi connectivity index (χ0n) is 11.1. The molecule has 1 aromatic heterocycles. The molecule has 3 rings (SSSR count). The summed E-state index contributed by atoms with van der Waals surface area (Å²) in [6.07, 6.45) is 10.6. The standard InChI is InChI=1S/C14H20N4O/c19-14-7-11(8-17-13-9-15-5-6-16-13)10-18(14)12-3-1-2-4-12/h5-6,9,11-12H,1-4,7-8,10H2,(H,16,17). The van der Waals surface area contributed by atoms with Crippen LogP contribution in [0.5, 0.6) is 0 Å². The number of nitrogens with one attached hydrogen (secondary N) is 1. The molecule has 1 atom stereocenters. The SMILES string of the molecule is O=C1CC(CNc2cnccn2)CN1C1CCCC1. The molecule has 0 radical (unpaired) electrons. The quantitative estimate of drug-likeness (QED) is 0.895. The van der Waals surface area contributed by atoms with E-state index in [1.807, 2.05) is 0 Å². The van der Waals surface area contributed by atoms with Gasteiger partial charge < -0.3 is 10.2 Å². The van der Waals surface area contributed by atoms with Gasteiger partial charge in [-0.3, -0.25) is 9.78 Å². The Balaban J connectivity index is 1.52. The van der Waals surface area contributed by atoms with Crippen molar-refractivity contribution in [3.05, 3.63) is 18.6 Å². The van der Waals surface area contributed by atoms with Crippen molar-refractivity contribution in [1.29, 1.82) is 0 Å². The van der Waals surface area contributed by atoms with Crippen molar-refractivity contribution in [1.82, 2.24) is 14.9 Å². The molecule has 5 nitrogen and oxygen atoms in total. The Morgan fingerprint density at radius 3 is 2.89 bits per heavy atom. The Hall–Kier alpha value is -1.65. The number of hydrogen-bond acceptors (Lipinski definition) is 4. The molecule has 1 aliphatic carbocycles. The maximum atomic E-state index is 12.1. The smallest absolute Gasteiger partial charge is 0.223 e. The van der Waals surface area contributed by atoms with Crippen LogP contribution in [0.1, 0.15) is 32.1 Å². The molecule has 1 N–H and O–H groups in total. The second-order valence-corrected chi connectivity index (χ2v) is 5.53. The summed E-state index contributed by atoms with van der Waals surface area (Å²) in [5.41, 5.74) is 0. The molecule has 0 spiro atoms. The van der Waals surface area contributed by atoms with Crippen LogP contribution in [0.3, 0.4) is 0 Å². The van der Waals surface area contributed by atoms with Gasteiger partial charge in [-0.1, -0.05) is 12.8 Å². The highest BCUT2D eigenvalue weighted by Crippen LogP contribution is 2.29. The van der Waals surface area contributed by atoms with Crippen LogP contribution >= 0.6 is 0 Å². The third kappa shape index (κ3) is 2.85. The maximum absolute atomic E-state index is 12.1. The largest absolute Gasteiger partial charge is 0.368 e. The Bertz CT molecular complexity index is 430. The fourth-order valence-electron chi connectivity index (χ4n) is 3.15. The molecule has 1 aromatic rings. The van der Waals surface area contributed by atoms with Gasteiger partial charge in [0.25, 0.3) is 0 Å². The summed E-state index contributed by atoms with van der Waals surface area (Å²) in [5, 5.41) is 3.27. The minimum absolute atomic E-state index is 0.331. The molecular formula is C14H20N4O. The van der Waals surface area contributed by atoms with E-state index in [1.165, 1.54) is 25.7 Å². The van der Waals surface area contributed by atoms with E-state index < -0.39 is 0 Å². The first-order valence-corrected chi connectivity index (χ1v) is 7.12. The lowest BCUT2D eigenvalue weighted by Gasteiger charge is -2.24. The van der Waals surface area contributed by atoms with Crippen LogP contribution in [0.2, 0.25) is 0 Å². The fourth-order valence-corrected chi connectivity index (χ4v) is 3.15. The van der Waals surface area contributed by atoms with Gasteiger partial charge in [0.15, 0.2) is 0 Å². The molecule has 0 aromatic carbocycles. The van der Waals surface area contributed by atoms with Crippen LogP contribution in [0.4, 0.5) is 5.82 Å². The highest BCUT2D eigenvalue weighted by molar-refractivity contribution is 5.79. The first-order valence-electron chi connectivity index (χ1n) is 7.12. The van der Waals surface area contributed by atoms with E-state index in [4.69, 9.17) is 0 Å². The topological polar surface area (TPSA) is 58.1 Å². The van der Waals surface area contributed by atoms with Crippen LogP contribution in [0, 0.1) is 5.92 Å². The Morgan fingerprint density at radius 2 is 2.16 bits per heavy atom. The summed E-state index contributed by atoms with van der Waals surface area (Å²) < 4.78 is 0. The normalized spacial score (nSPS) is 24.1. The van der Waals surface area contributed by atoms with E-state index >= 15 is 0 Å². The number of amides is 1. The number of likely N-dealkylation sites (tertiary alicyclic amines) is 1. The van der Waals surface area contributed by atoms with Crippen molar-refractivity contribution >= 4 is 11.7 Å². The number of rotatable bonds is 4. The average Bonchev–Trinajstić information content (AvgIpc) is 3.07. The number of hydrogen-bond donors (Lipinski definition) is 1. The lowest BCUT2D eigenvalue weighted by Crippen LogP contribution is -2.34. The van der Waals surface area contributed by atoms with Crippen molar-refractivity contribution in [2.24, 2.45) is 5.92 Å². The van der Waals surface area contributed by atoms with E-state index in [0.717, 1.165) is 18.9 Å². The van der Waals surface area contributed by atoms with Crippen molar-refractivity contribution in [3.63, 3.8) is 0 Å². The first-order chi connectivity index (χ1) is 9.33. The van der Waals surface area contributed by atoms with Gasteiger partial charge in [0, 0.05) is 43.9 Å². The molecule has 2 fully saturated rings. The summed E-state index contributed by atoms with van der Waals surface area (Å²) in [7, 11) is 0. The minimum atomic E-state index is 0.331. The van der Waals surface area contributed by atoms with Gasteiger partial charge in [0.05, 0.1) is 6.20 Å². The number of carbonyl (C=O) groups is 1. The zero-order chi connectivity index (χ0) is 13.1. The molecule has 2 heterocycles. The molecule has 19 heavy (non-hydrogen) atoms. The lowest BCUT2D eigenvalue weighted by molar-refractivity contribution is -0.129. The molecule has 0 bridgehead atoms. The van der Waals surface area contributed by atoms with Gasteiger partial charge >= 0.3 is 0 Å². The molecule has 5 heteroatoms. The van der Waals surface area contributed by atoms with Gasteiger partial charge in [-0.25, -0.2) is 4.98 Å². The number of aromatic nitrogens is 2. The molecule has 2 aliphatic rings.